The average molecular weight is 584 g/mol. The molecule has 41 heavy (non-hydrogen) atoms. The summed E-state index contributed by atoms with van der Waals surface area (Å²) in [4.78, 5) is 39.4. The Hall–Kier alpha value is -3.10. The van der Waals surface area contributed by atoms with Gasteiger partial charge in [-0.05, 0) is 87.5 Å². The summed E-state index contributed by atoms with van der Waals surface area (Å²) in [6.07, 6.45) is 3.15. The van der Waals surface area contributed by atoms with E-state index in [0.29, 0.717) is 30.2 Å². The first-order valence-electron chi connectivity index (χ1n) is 13.9. The molecule has 1 aliphatic rings. The summed E-state index contributed by atoms with van der Waals surface area (Å²) >= 11 is 0. The smallest absolute Gasteiger partial charge is 0.308 e. The molecule has 1 aliphatic heterocycles. The Labute approximate surface area is 245 Å². The first kappa shape index (κ1) is 32.4. The lowest BCUT2D eigenvalue weighted by molar-refractivity contribution is -0.132. The monoisotopic (exact) mass is 583 g/mol. The minimum absolute atomic E-state index is 0.0595. The topological polar surface area (TPSA) is 97.4 Å². The van der Waals surface area contributed by atoms with Crippen LogP contribution in [0.1, 0.15) is 48.9 Å². The molecule has 9 nitrogen and oxygen atoms in total. The number of rotatable bonds is 14. The number of nitrogens with zero attached hydrogens (tertiary/aromatic N) is 2. The summed E-state index contributed by atoms with van der Waals surface area (Å²) in [6.45, 7) is 9.13. The van der Waals surface area contributed by atoms with Crippen molar-refractivity contribution in [1.29, 1.82) is 0 Å². The van der Waals surface area contributed by atoms with Gasteiger partial charge < -0.3 is 24.4 Å². The second-order valence-corrected chi connectivity index (χ2v) is 11.0. The number of ether oxygens (including phenoxy) is 3. The maximum absolute atomic E-state index is 12.5. The minimum Gasteiger partial charge on any atom is -0.497 e. The zero-order chi connectivity index (χ0) is 30.1. The van der Waals surface area contributed by atoms with Crippen LogP contribution in [0, 0.1) is 13.8 Å². The van der Waals surface area contributed by atoms with Gasteiger partial charge in [-0.1, -0.05) is 21.0 Å². The molecular formula is C31H42N3O6P. The van der Waals surface area contributed by atoms with Crippen molar-refractivity contribution >= 4 is 38.3 Å². The van der Waals surface area contributed by atoms with E-state index < -0.39 is 6.10 Å². The second kappa shape index (κ2) is 15.2. The zero-order valence-electron chi connectivity index (χ0n) is 24.9. The van der Waals surface area contributed by atoms with Crippen LogP contribution in [0.2, 0.25) is 0 Å². The molecule has 2 aromatic rings. The molecular weight excluding hydrogens is 541 g/mol. The number of benzene rings is 2. The van der Waals surface area contributed by atoms with Crippen LogP contribution in [-0.4, -0.2) is 79.5 Å². The molecule has 1 N–H and O–H groups in total. The molecule has 0 aromatic heterocycles. The molecule has 1 atom stereocenters. The van der Waals surface area contributed by atoms with Crippen LogP contribution >= 0.6 is 8.86 Å². The minimum atomic E-state index is -0.640. The van der Waals surface area contributed by atoms with E-state index in [1.165, 1.54) is 13.8 Å². The largest absolute Gasteiger partial charge is 0.497 e. The van der Waals surface area contributed by atoms with Crippen molar-refractivity contribution in [2.75, 3.05) is 39.1 Å². The van der Waals surface area contributed by atoms with E-state index in [4.69, 9.17) is 14.2 Å². The normalized spacial score (nSPS) is 14.9. The number of esters is 1. The number of methoxy groups -OCH3 is 1. The van der Waals surface area contributed by atoms with Gasteiger partial charge in [-0.15, -0.1) is 0 Å². The summed E-state index contributed by atoms with van der Waals surface area (Å²) in [6, 6.07) is 9.94. The number of Topliss-reactive ketones (excluding diaryl/α,β-unsaturated/α-hetero) is 1. The standard InChI is InChI=1S/C31H42N3O6P/c1-20-15-24(16-21(2)30(20)39-23(4)37)17-29(22(3)36)40-31(41)34-13-10-26(11-14-34)33(5)12-9-25-18-27(38-6)7-8-28(25)32-19-35/h7-8,15-16,18-19,26,29,41H,9-14,17H2,1-6H3,(H,32,35)/t29-/m1/s1. The Kier molecular flexibility index (Phi) is 12.0. The van der Waals surface area contributed by atoms with E-state index in [1.54, 1.807) is 7.11 Å². The van der Waals surface area contributed by atoms with Crippen molar-refractivity contribution in [2.24, 2.45) is 0 Å². The molecule has 10 heteroatoms. The van der Waals surface area contributed by atoms with Crippen molar-refractivity contribution < 1.29 is 28.6 Å². The van der Waals surface area contributed by atoms with Gasteiger partial charge in [0.05, 0.1) is 7.11 Å². The molecule has 1 amide bonds. The third-order valence-electron chi connectivity index (χ3n) is 7.53. The molecule has 0 radical (unpaired) electrons. The highest BCUT2D eigenvalue weighted by molar-refractivity contribution is 7.20. The lowest BCUT2D eigenvalue weighted by Gasteiger charge is -2.37. The van der Waals surface area contributed by atoms with E-state index in [9.17, 15) is 14.4 Å². The van der Waals surface area contributed by atoms with E-state index in [2.05, 4.69) is 31.0 Å². The number of ketones is 1. The number of hydrogen-bond donors (Lipinski definition) is 1. The number of amides is 1. The summed E-state index contributed by atoms with van der Waals surface area (Å²) in [7, 11) is 7.42. The summed E-state index contributed by atoms with van der Waals surface area (Å²) < 4.78 is 16.8. The van der Waals surface area contributed by atoms with Crippen LogP contribution in [0.25, 0.3) is 0 Å². The molecule has 222 valence electrons. The number of likely N-dealkylation sites (N-methyl/N-ethyl adjacent to an activating group) is 1. The predicted molar refractivity (Wildman–Crippen MR) is 163 cm³/mol. The number of carbonyl (C=O) groups is 3. The van der Waals surface area contributed by atoms with E-state index in [-0.39, 0.29) is 11.8 Å². The molecule has 1 fully saturated rings. The third kappa shape index (κ3) is 9.20. The number of piperidine rings is 1. The van der Waals surface area contributed by atoms with Gasteiger partial charge in [-0.25, -0.2) is 0 Å². The van der Waals surface area contributed by atoms with E-state index in [0.717, 1.165) is 72.6 Å². The zero-order valence-corrected chi connectivity index (χ0v) is 25.9. The third-order valence-corrected chi connectivity index (χ3v) is 7.96. The van der Waals surface area contributed by atoms with Gasteiger partial charge >= 0.3 is 5.97 Å². The Morgan fingerprint density at radius 3 is 2.37 bits per heavy atom. The van der Waals surface area contributed by atoms with Crippen molar-refractivity contribution in [1.82, 2.24) is 9.80 Å². The highest BCUT2D eigenvalue weighted by Gasteiger charge is 2.27. The molecule has 1 heterocycles. The highest BCUT2D eigenvalue weighted by atomic mass is 31.0. The summed E-state index contributed by atoms with van der Waals surface area (Å²) in [5.74, 6) is 0.903. The van der Waals surface area contributed by atoms with Crippen LogP contribution in [0.4, 0.5) is 5.69 Å². The molecule has 2 aromatic carbocycles. The summed E-state index contributed by atoms with van der Waals surface area (Å²) in [5, 5.41) is 2.78. The van der Waals surface area contributed by atoms with Gasteiger partial charge in [0.15, 0.2) is 5.78 Å². The van der Waals surface area contributed by atoms with Crippen LogP contribution < -0.4 is 14.8 Å². The van der Waals surface area contributed by atoms with Crippen LogP contribution in [-0.2, 0) is 32.0 Å². The second-order valence-electron chi connectivity index (χ2n) is 10.6. The Balaban J connectivity index is 1.54. The Morgan fingerprint density at radius 2 is 1.80 bits per heavy atom. The number of nitrogens with one attached hydrogen (secondary N) is 1. The van der Waals surface area contributed by atoms with Crippen molar-refractivity contribution in [2.45, 2.75) is 65.5 Å². The molecule has 0 spiro atoms. The van der Waals surface area contributed by atoms with Crippen molar-refractivity contribution in [3.8, 4) is 11.5 Å². The van der Waals surface area contributed by atoms with Gasteiger partial charge in [0.2, 0.25) is 6.41 Å². The molecule has 0 bridgehead atoms. The molecule has 0 unspecified atom stereocenters. The quantitative estimate of drug-likeness (QED) is 0.153. The number of likely N-dealkylation sites (tertiary alicyclic amines) is 1. The van der Waals surface area contributed by atoms with Gasteiger partial charge in [-0.2, -0.15) is 0 Å². The van der Waals surface area contributed by atoms with Crippen molar-refractivity contribution in [3.05, 3.63) is 52.6 Å². The fraction of sp³-hybridized carbons (Fsp3) is 0.484. The Morgan fingerprint density at radius 1 is 1.15 bits per heavy atom. The average Bonchev–Trinajstić information content (AvgIpc) is 2.94. The van der Waals surface area contributed by atoms with Crippen LogP contribution in [0.5, 0.6) is 11.5 Å². The lowest BCUT2D eigenvalue weighted by Crippen LogP contribution is -2.47. The van der Waals surface area contributed by atoms with E-state index >= 15 is 0 Å². The molecule has 3 rings (SSSR count). The van der Waals surface area contributed by atoms with E-state index in [1.807, 2.05) is 44.2 Å². The van der Waals surface area contributed by atoms with Crippen molar-refractivity contribution in [3.63, 3.8) is 0 Å². The molecule has 0 saturated carbocycles. The fourth-order valence-electron chi connectivity index (χ4n) is 5.25. The first-order valence-corrected chi connectivity index (χ1v) is 14.4. The Bertz CT molecular complexity index is 1240. The maximum Gasteiger partial charge on any atom is 0.308 e. The number of anilines is 1. The predicted octanol–water partition coefficient (Wildman–Crippen LogP) is 4.19. The number of hydrogen-bond acceptors (Lipinski definition) is 7. The highest BCUT2D eigenvalue weighted by Crippen LogP contribution is 2.27. The maximum atomic E-state index is 12.5. The van der Waals surface area contributed by atoms with Gasteiger partial charge in [0.25, 0.3) is 0 Å². The number of aryl methyl sites for hydroxylation is 2. The number of carbonyl (C=O) groups excluding carboxylic acids is 3. The SMILES string of the molecule is COc1ccc(NC=O)c(CCN(C)C2CCN(C(=P)O[C@H](Cc3cc(C)c(OC(C)=O)c(C)c3)C(C)=O)CC2)c1. The van der Waals surface area contributed by atoms with Gasteiger partial charge in [0.1, 0.15) is 23.2 Å². The first-order chi connectivity index (χ1) is 19.5. The lowest BCUT2D eigenvalue weighted by atomic mass is 10.00. The van der Waals surface area contributed by atoms with Crippen LogP contribution in [0.15, 0.2) is 30.3 Å². The van der Waals surface area contributed by atoms with Crippen LogP contribution in [0.3, 0.4) is 0 Å². The van der Waals surface area contributed by atoms with Gasteiger partial charge in [-0.3, -0.25) is 19.3 Å². The molecule has 1 saturated heterocycles. The summed E-state index contributed by atoms with van der Waals surface area (Å²) in [5.41, 5.74) is 5.02. The molecule has 0 aliphatic carbocycles. The van der Waals surface area contributed by atoms with Gasteiger partial charge in [0, 0.05) is 44.7 Å². The fourth-order valence-corrected chi connectivity index (χ4v) is 5.62.